The van der Waals surface area contributed by atoms with Crippen molar-refractivity contribution in [3.05, 3.63) is 71.3 Å². The highest BCUT2D eigenvalue weighted by molar-refractivity contribution is 5.22. The molecule has 0 spiro atoms. The zero-order valence-corrected chi connectivity index (χ0v) is 12.0. The van der Waals surface area contributed by atoms with Crippen LogP contribution in [0.3, 0.4) is 0 Å². The summed E-state index contributed by atoms with van der Waals surface area (Å²) in [4.78, 5) is 2.38. The van der Waals surface area contributed by atoms with Gasteiger partial charge in [-0.3, -0.25) is 0 Å². The van der Waals surface area contributed by atoms with Crippen LogP contribution in [0.5, 0.6) is 0 Å². The summed E-state index contributed by atoms with van der Waals surface area (Å²) in [5, 5.41) is 0. The van der Waals surface area contributed by atoms with E-state index in [0.717, 1.165) is 25.9 Å². The molecule has 2 aromatic rings. The Labute approximate surface area is 116 Å². The van der Waals surface area contributed by atoms with Crippen molar-refractivity contribution in [1.82, 2.24) is 4.90 Å². The fourth-order valence-corrected chi connectivity index (χ4v) is 2.24. The van der Waals surface area contributed by atoms with Crippen LogP contribution in [0.25, 0.3) is 0 Å². The molecule has 0 amide bonds. The van der Waals surface area contributed by atoms with Crippen molar-refractivity contribution in [2.24, 2.45) is 0 Å². The summed E-state index contributed by atoms with van der Waals surface area (Å²) in [6, 6.07) is 19.7. The van der Waals surface area contributed by atoms with Crippen molar-refractivity contribution in [3.8, 4) is 0 Å². The van der Waals surface area contributed by atoms with Gasteiger partial charge < -0.3 is 4.90 Å². The van der Waals surface area contributed by atoms with Gasteiger partial charge in [0.25, 0.3) is 0 Å². The Morgan fingerprint density at radius 2 is 1.42 bits per heavy atom. The smallest absolute Gasteiger partial charge is 0.0230 e. The monoisotopic (exact) mass is 253 g/mol. The van der Waals surface area contributed by atoms with E-state index in [1.807, 2.05) is 0 Å². The molecule has 19 heavy (non-hydrogen) atoms. The van der Waals surface area contributed by atoms with Gasteiger partial charge in [-0.15, -0.1) is 0 Å². The van der Waals surface area contributed by atoms with Gasteiger partial charge in [0.05, 0.1) is 0 Å². The molecule has 0 aliphatic carbocycles. The summed E-state index contributed by atoms with van der Waals surface area (Å²) in [5.41, 5.74) is 4.22. The number of likely N-dealkylation sites (N-methyl/N-ethyl adjacent to an activating group) is 1. The lowest BCUT2D eigenvalue weighted by Crippen LogP contribution is -2.20. The van der Waals surface area contributed by atoms with Crippen LogP contribution in [0.2, 0.25) is 0 Å². The second kappa shape index (κ2) is 7.10. The predicted molar refractivity (Wildman–Crippen MR) is 82.3 cm³/mol. The summed E-state index contributed by atoms with van der Waals surface area (Å²) >= 11 is 0. The van der Waals surface area contributed by atoms with E-state index in [2.05, 4.69) is 73.5 Å². The first-order chi connectivity index (χ1) is 9.28. The molecule has 0 heterocycles. The molecule has 0 aliphatic rings. The first-order valence-corrected chi connectivity index (χ1v) is 7.08. The minimum absolute atomic E-state index is 1.02. The van der Waals surface area contributed by atoms with E-state index < -0.39 is 0 Å². The highest BCUT2D eigenvalue weighted by Gasteiger charge is 2.01. The molecule has 0 fully saturated rings. The molecular weight excluding hydrogens is 230 g/mol. The molecule has 0 unspecified atom stereocenters. The van der Waals surface area contributed by atoms with E-state index in [4.69, 9.17) is 0 Å². The maximum atomic E-state index is 2.38. The molecule has 0 radical (unpaired) electrons. The van der Waals surface area contributed by atoms with Gasteiger partial charge in [-0.25, -0.2) is 0 Å². The van der Waals surface area contributed by atoms with Crippen LogP contribution in [0.1, 0.15) is 23.6 Å². The Morgan fingerprint density at radius 1 is 0.789 bits per heavy atom. The predicted octanol–water partition coefficient (Wildman–Crippen LogP) is 3.92. The summed E-state index contributed by atoms with van der Waals surface area (Å²) in [6.07, 6.45) is 2.23. The van der Waals surface area contributed by atoms with E-state index >= 15 is 0 Å². The second-order valence-electron chi connectivity index (χ2n) is 5.14. The van der Waals surface area contributed by atoms with Crippen LogP contribution >= 0.6 is 0 Å². The number of benzene rings is 2. The van der Waals surface area contributed by atoms with Crippen LogP contribution in [0.15, 0.2) is 54.6 Å². The highest BCUT2D eigenvalue weighted by Crippen LogP contribution is 2.08. The minimum atomic E-state index is 1.02. The fraction of sp³-hybridized carbons (Fsp3) is 0.333. The number of hydrogen-bond acceptors (Lipinski definition) is 1. The van der Waals surface area contributed by atoms with Gasteiger partial charge in [0.1, 0.15) is 0 Å². The number of nitrogens with zero attached hydrogens (tertiary/aromatic N) is 1. The van der Waals surface area contributed by atoms with Crippen molar-refractivity contribution in [2.75, 3.05) is 13.6 Å². The average molecular weight is 253 g/mol. The van der Waals surface area contributed by atoms with Crippen molar-refractivity contribution in [3.63, 3.8) is 0 Å². The molecule has 0 atom stereocenters. The summed E-state index contributed by atoms with van der Waals surface area (Å²) in [5.74, 6) is 0. The quantitative estimate of drug-likeness (QED) is 0.754. The van der Waals surface area contributed by atoms with E-state index in [0.29, 0.717) is 0 Å². The third-order valence-electron chi connectivity index (χ3n) is 3.51. The molecule has 0 N–H and O–H groups in total. The van der Waals surface area contributed by atoms with Gasteiger partial charge in [0.15, 0.2) is 0 Å². The molecule has 0 saturated heterocycles. The van der Waals surface area contributed by atoms with Gasteiger partial charge >= 0.3 is 0 Å². The molecule has 2 rings (SSSR count). The van der Waals surface area contributed by atoms with Crippen molar-refractivity contribution < 1.29 is 0 Å². The largest absolute Gasteiger partial charge is 0.302 e. The van der Waals surface area contributed by atoms with Crippen LogP contribution < -0.4 is 0 Å². The third-order valence-corrected chi connectivity index (χ3v) is 3.51. The summed E-state index contributed by atoms with van der Waals surface area (Å²) in [6.45, 7) is 4.32. The molecule has 2 aromatic carbocycles. The molecule has 0 aliphatic heterocycles. The minimum Gasteiger partial charge on any atom is -0.302 e. The van der Waals surface area contributed by atoms with Gasteiger partial charge in [0, 0.05) is 13.1 Å². The zero-order chi connectivity index (χ0) is 13.5. The Morgan fingerprint density at radius 3 is 2.05 bits per heavy atom. The van der Waals surface area contributed by atoms with Crippen LogP contribution in [-0.2, 0) is 19.4 Å². The van der Waals surface area contributed by atoms with Crippen LogP contribution in [-0.4, -0.2) is 18.5 Å². The van der Waals surface area contributed by atoms with Crippen LogP contribution in [0, 0.1) is 0 Å². The maximum absolute atomic E-state index is 2.38. The lowest BCUT2D eigenvalue weighted by atomic mass is 10.1. The lowest BCUT2D eigenvalue weighted by Gasteiger charge is -2.17. The fourth-order valence-electron chi connectivity index (χ4n) is 2.24. The lowest BCUT2D eigenvalue weighted by molar-refractivity contribution is 0.331. The standard InChI is InChI=1S/C18H23N/c1-3-16-9-11-18(12-10-16)15-19(2)14-13-17-7-5-4-6-8-17/h4-12H,3,13-15H2,1-2H3. The molecule has 0 saturated carbocycles. The average Bonchev–Trinajstić information content (AvgIpc) is 2.47. The molecule has 1 nitrogen and oxygen atoms in total. The van der Waals surface area contributed by atoms with Gasteiger partial charge in [-0.05, 0) is 36.6 Å². The maximum Gasteiger partial charge on any atom is 0.0230 e. The molecular formula is C18H23N. The normalized spacial score (nSPS) is 10.9. The van der Waals surface area contributed by atoms with Crippen molar-refractivity contribution in [2.45, 2.75) is 26.3 Å². The Bertz CT molecular complexity index is 473. The van der Waals surface area contributed by atoms with Crippen molar-refractivity contribution >= 4 is 0 Å². The topological polar surface area (TPSA) is 3.24 Å². The summed E-state index contributed by atoms with van der Waals surface area (Å²) in [7, 11) is 2.19. The first kappa shape index (κ1) is 13.8. The van der Waals surface area contributed by atoms with E-state index in [1.54, 1.807) is 0 Å². The Kier molecular flexibility index (Phi) is 5.17. The second-order valence-corrected chi connectivity index (χ2v) is 5.14. The van der Waals surface area contributed by atoms with Gasteiger partial charge in [0.2, 0.25) is 0 Å². The zero-order valence-electron chi connectivity index (χ0n) is 12.0. The molecule has 0 aromatic heterocycles. The summed E-state index contributed by atoms with van der Waals surface area (Å²) < 4.78 is 0. The third kappa shape index (κ3) is 4.53. The number of rotatable bonds is 6. The molecule has 0 bridgehead atoms. The number of hydrogen-bond donors (Lipinski definition) is 0. The first-order valence-electron chi connectivity index (χ1n) is 7.08. The van der Waals surface area contributed by atoms with E-state index in [1.165, 1.54) is 16.7 Å². The Hall–Kier alpha value is -1.60. The molecule has 100 valence electrons. The van der Waals surface area contributed by atoms with E-state index in [9.17, 15) is 0 Å². The van der Waals surface area contributed by atoms with Crippen LogP contribution in [0.4, 0.5) is 0 Å². The Balaban J connectivity index is 1.82. The van der Waals surface area contributed by atoms with Gasteiger partial charge in [-0.2, -0.15) is 0 Å². The van der Waals surface area contributed by atoms with E-state index in [-0.39, 0.29) is 0 Å². The number of aryl methyl sites for hydroxylation is 1. The highest BCUT2D eigenvalue weighted by atomic mass is 15.1. The molecule has 1 heteroatoms. The van der Waals surface area contributed by atoms with Crippen molar-refractivity contribution in [1.29, 1.82) is 0 Å². The van der Waals surface area contributed by atoms with Gasteiger partial charge in [-0.1, -0.05) is 61.5 Å². The SMILES string of the molecule is CCc1ccc(CN(C)CCc2ccccc2)cc1.